The van der Waals surface area contributed by atoms with E-state index in [1.165, 1.54) is 5.56 Å². The molecule has 4 nitrogen and oxygen atoms in total. The molecule has 236 valence electrons. The number of halogens is 1. The van der Waals surface area contributed by atoms with Gasteiger partial charge in [-0.1, -0.05) is 113 Å². The number of hydrogen-bond donors (Lipinski definition) is 1. The van der Waals surface area contributed by atoms with Gasteiger partial charge in [-0.15, -0.1) is 12.8 Å². The number of hydrogen-bond acceptors (Lipinski definition) is 3. The second-order valence-corrected chi connectivity index (χ2v) is 8.69. The average molecular weight is 598 g/mol. The van der Waals surface area contributed by atoms with Crippen molar-refractivity contribution in [1.82, 2.24) is 15.1 Å². The molecule has 2 aromatic rings. The number of rotatable bonds is 11. The fourth-order valence-electron chi connectivity index (χ4n) is 3.03. The molecule has 0 bridgehead atoms. The second-order valence-electron chi connectivity index (χ2n) is 8.43. The third kappa shape index (κ3) is 24.6. The number of benzene rings is 1. The van der Waals surface area contributed by atoms with Crippen molar-refractivity contribution in [3.63, 3.8) is 0 Å². The normalized spacial score (nSPS) is 11.0. The van der Waals surface area contributed by atoms with Gasteiger partial charge in [-0.2, -0.15) is 5.10 Å². The summed E-state index contributed by atoms with van der Waals surface area (Å²) in [4.78, 5) is 11.5. The SMILES string of the molecule is C#C.C/C=C\CC/C=C/Cl.CC.CC.CC/C=C\C=C(/C)C(C=O)Cc1cc(C)n(-c2ccc(C)cc2)n1.CCNC. The number of carbonyl (C=O) groups excluding carboxylic acids is 1. The lowest BCUT2D eigenvalue weighted by Crippen LogP contribution is -2.09. The van der Waals surface area contributed by atoms with Crippen LogP contribution in [0.25, 0.3) is 5.69 Å². The molecule has 0 saturated heterocycles. The molecular weight excluding hydrogens is 538 g/mol. The third-order valence-electron chi connectivity index (χ3n) is 5.30. The first kappa shape index (κ1) is 45.8. The molecule has 0 spiro atoms. The minimum absolute atomic E-state index is 0.132. The minimum Gasteiger partial charge on any atom is -0.320 e. The van der Waals surface area contributed by atoms with E-state index < -0.39 is 0 Å². The molecule has 5 heteroatoms. The van der Waals surface area contributed by atoms with Crippen LogP contribution in [0.15, 0.2) is 77.9 Å². The molecule has 0 saturated carbocycles. The van der Waals surface area contributed by atoms with Crippen LogP contribution in [0.4, 0.5) is 0 Å². The number of aryl methyl sites for hydroxylation is 2. The van der Waals surface area contributed by atoms with Crippen LogP contribution in [0, 0.1) is 32.6 Å². The Kier molecular flexibility index (Phi) is 39.2. The molecule has 0 radical (unpaired) electrons. The lowest BCUT2D eigenvalue weighted by atomic mass is 9.96. The van der Waals surface area contributed by atoms with Crippen LogP contribution in [0.1, 0.15) is 91.6 Å². The summed E-state index contributed by atoms with van der Waals surface area (Å²) in [5.74, 6) is -0.132. The van der Waals surface area contributed by atoms with Gasteiger partial charge in [0, 0.05) is 23.6 Å². The molecule has 0 aliphatic rings. The van der Waals surface area contributed by atoms with Crippen LogP contribution in [-0.2, 0) is 11.2 Å². The van der Waals surface area contributed by atoms with Crippen LogP contribution in [0.2, 0.25) is 0 Å². The fourth-order valence-corrected chi connectivity index (χ4v) is 3.15. The maximum Gasteiger partial charge on any atom is 0.127 e. The Morgan fingerprint density at radius 3 is 2.02 bits per heavy atom. The Balaban J connectivity index is -0.000000332. The van der Waals surface area contributed by atoms with E-state index in [1.807, 2.05) is 84.5 Å². The molecule has 1 unspecified atom stereocenters. The van der Waals surface area contributed by atoms with E-state index in [0.717, 1.165) is 54.7 Å². The number of unbranched alkanes of at least 4 members (excludes halogenated alkanes) is 1. The van der Waals surface area contributed by atoms with Crippen molar-refractivity contribution in [2.75, 3.05) is 13.6 Å². The van der Waals surface area contributed by atoms with Crippen molar-refractivity contribution in [3.05, 3.63) is 94.8 Å². The molecule has 0 amide bonds. The van der Waals surface area contributed by atoms with Gasteiger partial charge in [0.15, 0.2) is 0 Å². The van der Waals surface area contributed by atoms with Gasteiger partial charge in [0.2, 0.25) is 0 Å². The molecule has 42 heavy (non-hydrogen) atoms. The van der Waals surface area contributed by atoms with Gasteiger partial charge in [0.05, 0.1) is 11.4 Å². The van der Waals surface area contributed by atoms with Gasteiger partial charge >= 0.3 is 0 Å². The van der Waals surface area contributed by atoms with Crippen LogP contribution in [-0.4, -0.2) is 29.7 Å². The minimum atomic E-state index is -0.132. The highest BCUT2D eigenvalue weighted by Gasteiger charge is 2.14. The van der Waals surface area contributed by atoms with E-state index in [-0.39, 0.29) is 5.92 Å². The number of nitrogens with one attached hydrogen (secondary N) is 1. The molecule has 1 heterocycles. The first-order chi connectivity index (χ1) is 20.4. The number of aldehydes is 1. The third-order valence-corrected chi connectivity index (χ3v) is 5.48. The monoisotopic (exact) mass is 597 g/mol. The molecule has 1 N–H and O–H groups in total. The summed E-state index contributed by atoms with van der Waals surface area (Å²) in [6.45, 7) is 21.4. The van der Waals surface area contributed by atoms with Crippen LogP contribution >= 0.6 is 11.6 Å². The Morgan fingerprint density at radius 1 is 1.02 bits per heavy atom. The standard InChI is InChI=1S/C21H26N2O.C7H11Cl.C3H9N.2C2H6.C2H2/c1-5-6-7-8-17(3)19(15-24)14-20-13-18(4)23(22-20)21-11-9-16(2)10-12-21;1-2-3-4-5-6-7-8;1-3-4-2;3*1-2/h6-13,15,19H,5,14H2,1-4H3;2-3,6-7H,4-5H2,1H3;4H,3H2,1-2H3;2*1-2H3;1-2H/b7-6-,17-8+;3-2-,7-6+;;;;. The first-order valence-electron chi connectivity index (χ1n) is 15.1. The molecule has 0 aliphatic carbocycles. The number of aromatic nitrogens is 2. The van der Waals surface area contributed by atoms with Gasteiger partial charge in [0.25, 0.3) is 0 Å². The average Bonchev–Trinajstić information content (AvgIpc) is 3.41. The first-order valence-corrected chi connectivity index (χ1v) is 15.6. The molecule has 1 atom stereocenters. The van der Waals surface area contributed by atoms with E-state index in [2.05, 4.69) is 86.5 Å². The van der Waals surface area contributed by atoms with Crippen LogP contribution in [0.5, 0.6) is 0 Å². The molecule has 2 rings (SSSR count). The van der Waals surface area contributed by atoms with Gasteiger partial charge in [-0.05, 0) is 78.7 Å². The Morgan fingerprint density at radius 2 is 1.57 bits per heavy atom. The smallest absolute Gasteiger partial charge is 0.127 e. The highest BCUT2D eigenvalue weighted by Crippen LogP contribution is 2.18. The zero-order valence-electron chi connectivity index (χ0n) is 28.5. The van der Waals surface area contributed by atoms with Crippen molar-refractivity contribution in [1.29, 1.82) is 0 Å². The summed E-state index contributed by atoms with van der Waals surface area (Å²) in [7, 11) is 1.93. The summed E-state index contributed by atoms with van der Waals surface area (Å²) in [5.41, 5.74) is 6.92. The molecule has 0 aliphatic heterocycles. The number of terminal acetylenes is 1. The fraction of sp³-hybridized carbons (Fsp3) is 0.459. The maximum atomic E-state index is 11.5. The maximum absolute atomic E-state index is 11.5. The summed E-state index contributed by atoms with van der Waals surface area (Å²) in [6, 6.07) is 10.4. The Labute approximate surface area is 265 Å². The number of carbonyl (C=O) groups is 1. The number of nitrogens with zero attached hydrogens (tertiary/aromatic N) is 2. The van der Waals surface area contributed by atoms with E-state index in [4.69, 9.17) is 11.6 Å². The second kappa shape index (κ2) is 35.9. The number of allylic oxidation sites excluding steroid dienone is 7. The Hall–Kier alpha value is -3.13. The topological polar surface area (TPSA) is 46.9 Å². The van der Waals surface area contributed by atoms with Crippen LogP contribution in [0.3, 0.4) is 0 Å². The van der Waals surface area contributed by atoms with E-state index >= 15 is 0 Å². The molecule has 0 fully saturated rings. The summed E-state index contributed by atoms with van der Waals surface area (Å²) >= 11 is 5.28. The van der Waals surface area contributed by atoms with Crippen molar-refractivity contribution >= 4 is 17.9 Å². The molecular formula is C37H60ClN3O. The summed E-state index contributed by atoms with van der Waals surface area (Å²) < 4.78 is 1.94. The van der Waals surface area contributed by atoms with Crippen molar-refractivity contribution < 1.29 is 4.79 Å². The predicted molar refractivity (Wildman–Crippen MR) is 191 cm³/mol. The van der Waals surface area contributed by atoms with Gasteiger partial charge in [0.1, 0.15) is 6.29 Å². The zero-order chi connectivity index (χ0) is 33.2. The van der Waals surface area contributed by atoms with Crippen molar-refractivity contribution in [2.45, 2.75) is 94.9 Å². The van der Waals surface area contributed by atoms with Crippen molar-refractivity contribution in [3.8, 4) is 18.5 Å². The van der Waals surface area contributed by atoms with Gasteiger partial charge in [-0.25, -0.2) is 4.68 Å². The molecule has 1 aromatic carbocycles. The lowest BCUT2D eigenvalue weighted by Gasteiger charge is -2.08. The predicted octanol–water partition coefficient (Wildman–Crippen LogP) is 10.4. The van der Waals surface area contributed by atoms with Crippen molar-refractivity contribution in [2.24, 2.45) is 5.92 Å². The highest BCUT2D eigenvalue weighted by molar-refractivity contribution is 6.25. The summed E-state index contributed by atoms with van der Waals surface area (Å²) in [6.07, 6.45) is 25.0. The zero-order valence-corrected chi connectivity index (χ0v) is 29.2. The lowest BCUT2D eigenvalue weighted by molar-refractivity contribution is -0.110. The largest absolute Gasteiger partial charge is 0.320 e. The quantitative estimate of drug-likeness (QED) is 0.0921. The van der Waals surface area contributed by atoms with E-state index in [0.29, 0.717) is 6.42 Å². The van der Waals surface area contributed by atoms with E-state index in [9.17, 15) is 4.79 Å². The van der Waals surface area contributed by atoms with E-state index in [1.54, 1.807) is 5.54 Å². The van der Waals surface area contributed by atoms with Gasteiger partial charge < -0.3 is 10.1 Å². The highest BCUT2D eigenvalue weighted by atomic mass is 35.5. The summed E-state index contributed by atoms with van der Waals surface area (Å²) in [5, 5.41) is 7.62. The Bertz CT molecular complexity index is 982. The van der Waals surface area contributed by atoms with Crippen LogP contribution < -0.4 is 5.32 Å². The van der Waals surface area contributed by atoms with Gasteiger partial charge in [-0.3, -0.25) is 0 Å². The molecule has 1 aromatic heterocycles.